The zero-order valence-corrected chi connectivity index (χ0v) is 12.8. The van der Waals surface area contributed by atoms with Crippen molar-refractivity contribution in [3.05, 3.63) is 60.2 Å². The van der Waals surface area contributed by atoms with Crippen LogP contribution in [0.15, 0.2) is 48.8 Å². The maximum absolute atomic E-state index is 12.3. The van der Waals surface area contributed by atoms with Crippen LogP contribution in [-0.2, 0) is 0 Å². The van der Waals surface area contributed by atoms with E-state index in [-0.39, 0.29) is 5.91 Å². The highest BCUT2D eigenvalue weighted by Gasteiger charge is 2.25. The number of aromatic nitrogens is 3. The van der Waals surface area contributed by atoms with Crippen molar-refractivity contribution in [3.63, 3.8) is 0 Å². The molecule has 1 N–H and O–H groups in total. The number of pyridine rings is 1. The van der Waals surface area contributed by atoms with E-state index in [4.69, 9.17) is 0 Å². The minimum Gasteiger partial charge on any atom is -0.337 e. The topological polar surface area (TPSA) is 61.9 Å². The molecular weight excluding hydrogens is 288 g/mol. The number of nitrogens with zero attached hydrogens (tertiary/aromatic N) is 3. The van der Waals surface area contributed by atoms with E-state index in [2.05, 4.69) is 39.4 Å². The molecule has 0 spiro atoms. The van der Waals surface area contributed by atoms with Crippen LogP contribution in [0.1, 0.15) is 34.9 Å². The number of benzene rings is 1. The summed E-state index contributed by atoms with van der Waals surface area (Å²) in [6, 6.07) is 12.2. The summed E-state index contributed by atoms with van der Waals surface area (Å²) < 4.78 is 0. The Bertz CT molecular complexity index is 820. The third kappa shape index (κ3) is 2.70. The molecule has 5 heteroatoms. The van der Waals surface area contributed by atoms with E-state index in [0.717, 1.165) is 31.6 Å². The monoisotopic (exact) mass is 306 g/mol. The fourth-order valence-corrected chi connectivity index (χ4v) is 3.25. The van der Waals surface area contributed by atoms with Crippen molar-refractivity contribution in [1.82, 2.24) is 20.1 Å². The number of hydrogen-bond donors (Lipinski definition) is 1. The number of piperidine rings is 1. The predicted octanol–water partition coefficient (Wildman–Crippen LogP) is 2.98. The minimum absolute atomic E-state index is 0.0346. The lowest BCUT2D eigenvalue weighted by molar-refractivity contribution is 0.0706. The number of carbonyl (C=O) groups is 1. The van der Waals surface area contributed by atoms with Gasteiger partial charge in [0.25, 0.3) is 5.91 Å². The van der Waals surface area contributed by atoms with Gasteiger partial charge in [0.15, 0.2) is 0 Å². The first-order valence-electron chi connectivity index (χ1n) is 7.94. The van der Waals surface area contributed by atoms with Crippen LogP contribution in [0.5, 0.6) is 0 Å². The van der Waals surface area contributed by atoms with Crippen LogP contribution < -0.4 is 0 Å². The molecule has 1 fully saturated rings. The van der Waals surface area contributed by atoms with E-state index in [0.29, 0.717) is 11.6 Å². The molecule has 1 aliphatic rings. The second-order valence-electron chi connectivity index (χ2n) is 5.99. The highest BCUT2D eigenvalue weighted by Crippen LogP contribution is 2.29. The average Bonchev–Trinajstić information content (AvgIpc) is 3.15. The van der Waals surface area contributed by atoms with Gasteiger partial charge in [-0.2, -0.15) is 5.10 Å². The highest BCUT2D eigenvalue weighted by atomic mass is 16.2. The smallest absolute Gasteiger partial charge is 0.271 e. The standard InChI is InChI=1S/C18H18N4O/c23-18(16-5-8-20-21-16)22-9-6-13(7-10-22)17-11-14-3-1-2-4-15(14)12-19-17/h1-5,8,11-13H,6-7,9-10H2,(H,20,21). The van der Waals surface area contributed by atoms with E-state index in [1.807, 2.05) is 17.2 Å². The lowest BCUT2D eigenvalue weighted by Crippen LogP contribution is -2.38. The largest absolute Gasteiger partial charge is 0.337 e. The molecule has 3 heterocycles. The molecule has 4 rings (SSSR count). The van der Waals surface area contributed by atoms with Gasteiger partial charge in [-0.15, -0.1) is 0 Å². The highest BCUT2D eigenvalue weighted by molar-refractivity contribution is 5.92. The number of aromatic amines is 1. The molecule has 1 aromatic carbocycles. The van der Waals surface area contributed by atoms with Crippen molar-refractivity contribution in [2.24, 2.45) is 0 Å². The molecule has 2 aromatic heterocycles. The van der Waals surface area contributed by atoms with Crippen LogP contribution in [0.4, 0.5) is 0 Å². The van der Waals surface area contributed by atoms with Gasteiger partial charge in [-0.05, 0) is 30.4 Å². The Kier molecular flexibility index (Phi) is 3.54. The summed E-state index contributed by atoms with van der Waals surface area (Å²) in [6.07, 6.45) is 5.46. The molecule has 1 saturated heterocycles. The predicted molar refractivity (Wildman–Crippen MR) is 88.2 cm³/mol. The quantitative estimate of drug-likeness (QED) is 0.791. The van der Waals surface area contributed by atoms with Gasteiger partial charge in [0.05, 0.1) is 0 Å². The van der Waals surface area contributed by atoms with Crippen molar-refractivity contribution >= 4 is 16.7 Å². The van der Waals surface area contributed by atoms with Crippen LogP contribution in [-0.4, -0.2) is 39.1 Å². The molecule has 5 nitrogen and oxygen atoms in total. The van der Waals surface area contributed by atoms with Gasteiger partial charge in [0, 0.05) is 42.5 Å². The fraction of sp³-hybridized carbons (Fsp3) is 0.278. The Morgan fingerprint density at radius 2 is 1.91 bits per heavy atom. The lowest BCUT2D eigenvalue weighted by Gasteiger charge is -2.31. The van der Waals surface area contributed by atoms with Crippen molar-refractivity contribution in [2.45, 2.75) is 18.8 Å². The van der Waals surface area contributed by atoms with Gasteiger partial charge in [-0.3, -0.25) is 14.9 Å². The van der Waals surface area contributed by atoms with Crippen molar-refractivity contribution in [1.29, 1.82) is 0 Å². The molecule has 1 amide bonds. The molecule has 3 aromatic rings. The second-order valence-corrected chi connectivity index (χ2v) is 5.99. The first-order chi connectivity index (χ1) is 11.3. The first-order valence-corrected chi connectivity index (χ1v) is 7.94. The Morgan fingerprint density at radius 1 is 1.13 bits per heavy atom. The molecule has 1 aliphatic heterocycles. The van der Waals surface area contributed by atoms with Crippen LogP contribution in [0, 0.1) is 0 Å². The summed E-state index contributed by atoms with van der Waals surface area (Å²) in [5, 5.41) is 8.99. The molecule has 0 unspecified atom stereocenters. The van der Waals surface area contributed by atoms with Gasteiger partial charge in [-0.1, -0.05) is 24.3 Å². The summed E-state index contributed by atoms with van der Waals surface area (Å²) in [7, 11) is 0. The maximum Gasteiger partial charge on any atom is 0.271 e. The maximum atomic E-state index is 12.3. The summed E-state index contributed by atoms with van der Waals surface area (Å²) in [4.78, 5) is 18.8. The first kappa shape index (κ1) is 13.9. The number of H-pyrrole nitrogens is 1. The van der Waals surface area contributed by atoms with Crippen LogP contribution in [0.2, 0.25) is 0 Å². The SMILES string of the molecule is O=C(c1ccn[nH]1)N1CCC(c2cc3ccccc3cn2)CC1. The zero-order chi connectivity index (χ0) is 15.6. The molecule has 23 heavy (non-hydrogen) atoms. The molecule has 0 radical (unpaired) electrons. The lowest BCUT2D eigenvalue weighted by atomic mass is 9.92. The zero-order valence-electron chi connectivity index (χ0n) is 12.8. The summed E-state index contributed by atoms with van der Waals surface area (Å²) >= 11 is 0. The molecule has 0 bridgehead atoms. The molecule has 0 saturated carbocycles. The molecule has 0 aliphatic carbocycles. The molecular formula is C18H18N4O. The van der Waals surface area contributed by atoms with Crippen molar-refractivity contribution < 1.29 is 4.79 Å². The van der Waals surface area contributed by atoms with Gasteiger partial charge in [0.1, 0.15) is 5.69 Å². The number of rotatable bonds is 2. The van der Waals surface area contributed by atoms with Gasteiger partial charge in [-0.25, -0.2) is 0 Å². The van der Waals surface area contributed by atoms with Crippen LogP contribution in [0.3, 0.4) is 0 Å². The molecule has 116 valence electrons. The Hall–Kier alpha value is -2.69. The normalized spacial score (nSPS) is 15.9. The summed E-state index contributed by atoms with van der Waals surface area (Å²) in [5.41, 5.74) is 1.70. The third-order valence-corrected chi connectivity index (χ3v) is 4.58. The summed E-state index contributed by atoms with van der Waals surface area (Å²) in [6.45, 7) is 1.52. The van der Waals surface area contributed by atoms with E-state index >= 15 is 0 Å². The van der Waals surface area contributed by atoms with Crippen LogP contribution in [0.25, 0.3) is 10.8 Å². The Balaban J connectivity index is 1.47. The van der Waals surface area contributed by atoms with E-state index in [1.54, 1.807) is 12.3 Å². The van der Waals surface area contributed by atoms with E-state index in [1.165, 1.54) is 10.8 Å². The molecule has 0 atom stereocenters. The number of nitrogens with one attached hydrogen (secondary N) is 1. The Morgan fingerprint density at radius 3 is 2.65 bits per heavy atom. The number of carbonyl (C=O) groups excluding carboxylic acids is 1. The number of amides is 1. The van der Waals surface area contributed by atoms with Crippen molar-refractivity contribution in [3.8, 4) is 0 Å². The van der Waals surface area contributed by atoms with Crippen LogP contribution >= 0.6 is 0 Å². The van der Waals surface area contributed by atoms with E-state index in [9.17, 15) is 4.79 Å². The fourth-order valence-electron chi connectivity index (χ4n) is 3.25. The number of likely N-dealkylation sites (tertiary alicyclic amines) is 1. The van der Waals surface area contributed by atoms with Gasteiger partial charge >= 0.3 is 0 Å². The van der Waals surface area contributed by atoms with Crippen molar-refractivity contribution in [2.75, 3.05) is 13.1 Å². The minimum atomic E-state index is 0.0346. The van der Waals surface area contributed by atoms with Gasteiger partial charge in [0.2, 0.25) is 0 Å². The third-order valence-electron chi connectivity index (χ3n) is 4.58. The van der Waals surface area contributed by atoms with Gasteiger partial charge < -0.3 is 4.90 Å². The average molecular weight is 306 g/mol. The van der Waals surface area contributed by atoms with E-state index < -0.39 is 0 Å². The second kappa shape index (κ2) is 5.83. The summed E-state index contributed by atoms with van der Waals surface area (Å²) in [5.74, 6) is 0.456. The Labute approximate surface area is 134 Å². The number of fused-ring (bicyclic) bond motifs is 1. The number of hydrogen-bond acceptors (Lipinski definition) is 3.